The summed E-state index contributed by atoms with van der Waals surface area (Å²) in [6, 6.07) is 5.58. The summed E-state index contributed by atoms with van der Waals surface area (Å²) in [5.41, 5.74) is 0.889. The maximum absolute atomic E-state index is 13.0. The first-order valence-corrected chi connectivity index (χ1v) is 9.17. The van der Waals surface area contributed by atoms with Gasteiger partial charge in [0.1, 0.15) is 12.4 Å². The van der Waals surface area contributed by atoms with E-state index in [1.54, 1.807) is 0 Å². The van der Waals surface area contributed by atoms with Crippen molar-refractivity contribution in [2.45, 2.75) is 47.0 Å². The van der Waals surface area contributed by atoms with E-state index in [0.717, 1.165) is 30.6 Å². The van der Waals surface area contributed by atoms with E-state index in [1.165, 1.54) is 0 Å². The van der Waals surface area contributed by atoms with E-state index in [4.69, 9.17) is 4.74 Å². The van der Waals surface area contributed by atoms with Crippen LogP contribution >= 0.6 is 0 Å². The summed E-state index contributed by atoms with van der Waals surface area (Å²) in [5, 5.41) is 2.99. The third-order valence-electron chi connectivity index (χ3n) is 4.95. The quantitative estimate of drug-likeness (QED) is 0.903. The Morgan fingerprint density at radius 2 is 2.08 bits per heavy atom. The molecule has 2 aliphatic rings. The smallest absolute Gasteiger partial charge is 0.236 e. The van der Waals surface area contributed by atoms with Crippen molar-refractivity contribution in [1.82, 2.24) is 0 Å². The van der Waals surface area contributed by atoms with Gasteiger partial charge in [-0.25, -0.2) is 0 Å². The molecule has 1 fully saturated rings. The number of hydrogen-bond donors (Lipinski definition) is 1. The van der Waals surface area contributed by atoms with Gasteiger partial charge in [-0.1, -0.05) is 20.3 Å². The number of hydrogen-bond acceptors (Lipinski definition) is 3. The van der Waals surface area contributed by atoms with Gasteiger partial charge in [0, 0.05) is 18.2 Å². The van der Waals surface area contributed by atoms with E-state index < -0.39 is 5.41 Å². The molecule has 1 aliphatic heterocycles. The van der Waals surface area contributed by atoms with Crippen molar-refractivity contribution in [2.75, 3.05) is 23.4 Å². The first-order chi connectivity index (χ1) is 11.8. The Kier molecular flexibility index (Phi) is 4.76. The topological polar surface area (TPSA) is 58.6 Å². The highest BCUT2D eigenvalue weighted by Crippen LogP contribution is 2.39. The van der Waals surface area contributed by atoms with Crippen LogP contribution in [0.2, 0.25) is 0 Å². The molecule has 0 atom stereocenters. The number of carbonyl (C=O) groups excluding carboxylic acids is 2. The molecule has 0 unspecified atom stereocenters. The van der Waals surface area contributed by atoms with E-state index in [0.29, 0.717) is 24.8 Å². The second kappa shape index (κ2) is 6.70. The minimum Gasteiger partial charge on any atom is -0.490 e. The van der Waals surface area contributed by atoms with Gasteiger partial charge < -0.3 is 15.0 Å². The van der Waals surface area contributed by atoms with Crippen molar-refractivity contribution in [3.8, 4) is 5.75 Å². The number of amides is 2. The lowest BCUT2D eigenvalue weighted by Crippen LogP contribution is -2.43. The van der Waals surface area contributed by atoms with Crippen LogP contribution in [0.3, 0.4) is 0 Å². The standard InChI is InChI=1S/C20H28N2O3/c1-13(2)11-22-16-10-15(21-18(23)14-6-5-7-14)8-9-17(16)25-12-20(3,4)19(22)24/h8-10,13-14H,5-7,11-12H2,1-4H3,(H,21,23). The second-order valence-electron chi connectivity index (χ2n) is 8.28. The Hall–Kier alpha value is -2.04. The molecule has 0 spiro atoms. The summed E-state index contributed by atoms with van der Waals surface area (Å²) in [6.45, 7) is 8.98. The van der Waals surface area contributed by atoms with Gasteiger partial charge in [-0.05, 0) is 50.8 Å². The Labute approximate surface area is 149 Å². The number of carbonyl (C=O) groups is 2. The highest BCUT2D eigenvalue weighted by Gasteiger charge is 2.38. The van der Waals surface area contributed by atoms with Crippen molar-refractivity contribution in [2.24, 2.45) is 17.3 Å². The van der Waals surface area contributed by atoms with Gasteiger partial charge in [0.15, 0.2) is 0 Å². The highest BCUT2D eigenvalue weighted by molar-refractivity contribution is 6.00. The molecule has 5 nitrogen and oxygen atoms in total. The highest BCUT2D eigenvalue weighted by atomic mass is 16.5. The molecule has 0 aromatic heterocycles. The molecule has 0 radical (unpaired) electrons. The maximum atomic E-state index is 13.0. The molecule has 25 heavy (non-hydrogen) atoms. The zero-order valence-corrected chi connectivity index (χ0v) is 15.6. The number of nitrogens with zero attached hydrogens (tertiary/aromatic N) is 1. The van der Waals surface area contributed by atoms with Crippen LogP contribution < -0.4 is 15.0 Å². The second-order valence-corrected chi connectivity index (χ2v) is 8.28. The number of benzene rings is 1. The molecule has 1 aromatic rings. The van der Waals surface area contributed by atoms with Crippen molar-refractivity contribution >= 4 is 23.2 Å². The molecule has 1 saturated carbocycles. The summed E-state index contributed by atoms with van der Waals surface area (Å²) < 4.78 is 5.91. The number of rotatable bonds is 4. The van der Waals surface area contributed by atoms with Gasteiger partial charge in [0.05, 0.1) is 11.1 Å². The minimum absolute atomic E-state index is 0.0578. The fraction of sp³-hybridized carbons (Fsp3) is 0.600. The molecule has 1 aliphatic carbocycles. The van der Waals surface area contributed by atoms with Crippen LogP contribution in [-0.2, 0) is 9.59 Å². The van der Waals surface area contributed by atoms with Gasteiger partial charge in [0.25, 0.3) is 0 Å². The van der Waals surface area contributed by atoms with Gasteiger partial charge >= 0.3 is 0 Å². The van der Waals surface area contributed by atoms with Crippen LogP contribution in [0.15, 0.2) is 18.2 Å². The number of nitrogens with one attached hydrogen (secondary N) is 1. The van der Waals surface area contributed by atoms with Crippen molar-refractivity contribution in [3.63, 3.8) is 0 Å². The fourth-order valence-corrected chi connectivity index (χ4v) is 3.18. The lowest BCUT2D eigenvalue weighted by molar-refractivity contribution is -0.127. The average Bonchev–Trinajstić information content (AvgIpc) is 2.56. The zero-order valence-electron chi connectivity index (χ0n) is 15.6. The van der Waals surface area contributed by atoms with E-state index >= 15 is 0 Å². The predicted octanol–water partition coefficient (Wildman–Crippen LogP) is 3.83. The number of fused-ring (bicyclic) bond motifs is 1. The van der Waals surface area contributed by atoms with E-state index in [1.807, 2.05) is 36.9 Å². The monoisotopic (exact) mass is 344 g/mol. The average molecular weight is 344 g/mol. The molecule has 1 heterocycles. The van der Waals surface area contributed by atoms with Gasteiger partial charge in [0.2, 0.25) is 11.8 Å². The fourth-order valence-electron chi connectivity index (χ4n) is 3.18. The maximum Gasteiger partial charge on any atom is 0.236 e. The van der Waals surface area contributed by atoms with E-state index in [2.05, 4.69) is 19.2 Å². The van der Waals surface area contributed by atoms with Crippen LogP contribution in [-0.4, -0.2) is 25.0 Å². The molecule has 1 aromatic carbocycles. The summed E-state index contributed by atoms with van der Waals surface area (Å²) in [4.78, 5) is 27.1. The summed E-state index contributed by atoms with van der Waals surface area (Å²) in [5.74, 6) is 1.28. The third-order valence-corrected chi connectivity index (χ3v) is 4.95. The predicted molar refractivity (Wildman–Crippen MR) is 98.9 cm³/mol. The molecule has 2 amide bonds. The lowest BCUT2D eigenvalue weighted by atomic mass is 9.85. The number of anilines is 2. The van der Waals surface area contributed by atoms with Crippen LogP contribution in [0.5, 0.6) is 5.75 Å². The molecule has 0 saturated heterocycles. The Morgan fingerprint density at radius 1 is 1.36 bits per heavy atom. The molecule has 5 heteroatoms. The van der Waals surface area contributed by atoms with Gasteiger partial charge in [-0.15, -0.1) is 0 Å². The van der Waals surface area contributed by atoms with E-state index in [-0.39, 0.29) is 17.7 Å². The lowest BCUT2D eigenvalue weighted by Gasteiger charge is -2.29. The van der Waals surface area contributed by atoms with Crippen molar-refractivity contribution in [3.05, 3.63) is 18.2 Å². The summed E-state index contributed by atoms with van der Waals surface area (Å²) >= 11 is 0. The molecule has 1 N–H and O–H groups in total. The Bertz CT molecular complexity index is 678. The number of ether oxygens (including phenoxy) is 1. The molecule has 3 rings (SSSR count). The minimum atomic E-state index is -0.580. The first-order valence-electron chi connectivity index (χ1n) is 9.17. The molecular formula is C20H28N2O3. The Balaban J connectivity index is 1.91. The molecule has 0 bridgehead atoms. The zero-order chi connectivity index (χ0) is 18.2. The summed E-state index contributed by atoms with van der Waals surface area (Å²) in [7, 11) is 0. The van der Waals surface area contributed by atoms with Crippen LogP contribution in [0, 0.1) is 17.3 Å². The SMILES string of the molecule is CC(C)CN1C(=O)C(C)(C)COc2ccc(NC(=O)C3CCC3)cc21. The van der Waals surface area contributed by atoms with Crippen LogP contribution in [0.25, 0.3) is 0 Å². The van der Waals surface area contributed by atoms with Crippen LogP contribution in [0.1, 0.15) is 47.0 Å². The van der Waals surface area contributed by atoms with Gasteiger partial charge in [-0.3, -0.25) is 9.59 Å². The largest absolute Gasteiger partial charge is 0.490 e. The van der Waals surface area contributed by atoms with Crippen LogP contribution in [0.4, 0.5) is 11.4 Å². The third kappa shape index (κ3) is 3.65. The van der Waals surface area contributed by atoms with Crippen molar-refractivity contribution < 1.29 is 14.3 Å². The first kappa shape index (κ1) is 17.8. The summed E-state index contributed by atoms with van der Waals surface area (Å²) in [6.07, 6.45) is 3.06. The molecule has 136 valence electrons. The van der Waals surface area contributed by atoms with E-state index in [9.17, 15) is 9.59 Å². The molecular weight excluding hydrogens is 316 g/mol. The normalized spacial score (nSPS) is 19.7. The van der Waals surface area contributed by atoms with Crippen molar-refractivity contribution in [1.29, 1.82) is 0 Å². The Morgan fingerprint density at radius 3 is 2.68 bits per heavy atom. The van der Waals surface area contributed by atoms with Gasteiger partial charge in [-0.2, -0.15) is 0 Å².